The first-order chi connectivity index (χ1) is 12.4. The van der Waals surface area contributed by atoms with Crippen molar-refractivity contribution >= 4 is 40.5 Å². The van der Waals surface area contributed by atoms with Gasteiger partial charge in [-0.2, -0.15) is 0 Å². The number of aliphatic carboxylic acids is 1. The average molecular weight is 467 g/mol. The number of amides is 1. The van der Waals surface area contributed by atoms with Gasteiger partial charge in [-0.25, -0.2) is 4.79 Å². The van der Waals surface area contributed by atoms with E-state index in [9.17, 15) is 14.7 Å². The molecule has 0 saturated heterocycles. The zero-order chi connectivity index (χ0) is 19.1. The Morgan fingerprint density at radius 2 is 1.92 bits per heavy atom. The average Bonchev–Trinajstić information content (AvgIpc) is 2.60. The van der Waals surface area contributed by atoms with Crippen LogP contribution in [0.2, 0.25) is 0 Å². The molecule has 0 saturated carbocycles. The van der Waals surface area contributed by atoms with Gasteiger partial charge in [-0.15, -0.1) is 0 Å². The van der Waals surface area contributed by atoms with Gasteiger partial charge >= 0.3 is 5.97 Å². The van der Waals surface area contributed by atoms with Gasteiger partial charge in [0.05, 0.1) is 10.7 Å². The lowest BCUT2D eigenvalue weighted by Gasteiger charge is -2.14. The smallest absolute Gasteiger partial charge is 0.352 e. The Balaban J connectivity index is 2.30. The Bertz CT molecular complexity index is 833. The summed E-state index contributed by atoms with van der Waals surface area (Å²) in [4.78, 5) is 22.4. The van der Waals surface area contributed by atoms with Crippen molar-refractivity contribution < 1.29 is 24.2 Å². The number of halogens is 1. The number of hydrogen-bond donors (Lipinski definition) is 2. The number of carboxylic acid groups (broad SMARTS) is 1. The first-order valence-corrected chi connectivity index (χ1v) is 8.75. The van der Waals surface area contributed by atoms with Gasteiger partial charge in [0.1, 0.15) is 12.3 Å². The maximum absolute atomic E-state index is 11.3. The Labute approximate surface area is 165 Å². The van der Waals surface area contributed by atoms with Crippen LogP contribution in [0.4, 0.5) is 0 Å². The van der Waals surface area contributed by atoms with Crippen LogP contribution in [0, 0.1) is 3.57 Å². The van der Waals surface area contributed by atoms with Crippen LogP contribution in [-0.4, -0.2) is 24.1 Å². The molecule has 0 heterocycles. The van der Waals surface area contributed by atoms with Gasteiger partial charge in [-0.05, 0) is 51.9 Å². The number of hydrogen-bond acceptors (Lipinski definition) is 4. The maximum Gasteiger partial charge on any atom is 0.352 e. The van der Waals surface area contributed by atoms with Gasteiger partial charge in [0.25, 0.3) is 0 Å². The molecule has 2 N–H and O–H groups in total. The molecule has 136 valence electrons. The minimum Gasteiger partial charge on any atom is -0.493 e. The van der Waals surface area contributed by atoms with Gasteiger partial charge in [0.2, 0.25) is 5.91 Å². The maximum atomic E-state index is 11.3. The Morgan fingerprint density at radius 3 is 2.50 bits per heavy atom. The van der Waals surface area contributed by atoms with Crippen LogP contribution in [-0.2, 0) is 16.2 Å². The highest BCUT2D eigenvalue weighted by Gasteiger charge is 2.14. The van der Waals surface area contributed by atoms with Crippen LogP contribution < -0.4 is 14.8 Å². The van der Waals surface area contributed by atoms with Crippen molar-refractivity contribution in [3.8, 4) is 11.5 Å². The molecule has 0 aliphatic carbocycles. The number of carboxylic acids is 1. The highest BCUT2D eigenvalue weighted by Crippen LogP contribution is 2.35. The van der Waals surface area contributed by atoms with Crippen LogP contribution in [0.25, 0.3) is 6.08 Å². The Morgan fingerprint density at radius 1 is 1.23 bits per heavy atom. The number of rotatable bonds is 7. The largest absolute Gasteiger partial charge is 0.493 e. The Hall–Kier alpha value is -2.55. The van der Waals surface area contributed by atoms with Crippen molar-refractivity contribution in [1.29, 1.82) is 0 Å². The second kappa shape index (κ2) is 9.23. The van der Waals surface area contributed by atoms with Crippen LogP contribution in [0.5, 0.6) is 11.5 Å². The third-order valence-electron chi connectivity index (χ3n) is 3.33. The van der Waals surface area contributed by atoms with Crippen molar-refractivity contribution in [2.45, 2.75) is 13.5 Å². The fourth-order valence-corrected chi connectivity index (χ4v) is 2.98. The molecule has 0 radical (unpaired) electrons. The van der Waals surface area contributed by atoms with E-state index >= 15 is 0 Å². The van der Waals surface area contributed by atoms with Crippen molar-refractivity contribution in [2.75, 3.05) is 7.11 Å². The number of benzene rings is 2. The van der Waals surface area contributed by atoms with Gasteiger partial charge < -0.3 is 19.9 Å². The molecule has 0 fully saturated rings. The highest BCUT2D eigenvalue weighted by atomic mass is 127. The monoisotopic (exact) mass is 467 g/mol. The molecule has 0 atom stereocenters. The van der Waals surface area contributed by atoms with Crippen molar-refractivity contribution in [2.24, 2.45) is 0 Å². The van der Waals surface area contributed by atoms with Crippen LogP contribution in [0.1, 0.15) is 18.1 Å². The number of nitrogens with one attached hydrogen (secondary N) is 1. The van der Waals surface area contributed by atoms with Gasteiger partial charge in [-0.3, -0.25) is 4.79 Å². The molecule has 6 nitrogen and oxygen atoms in total. The van der Waals surface area contributed by atoms with Crippen LogP contribution >= 0.6 is 22.6 Å². The van der Waals surface area contributed by atoms with Crippen LogP contribution in [0.15, 0.2) is 48.2 Å². The van der Waals surface area contributed by atoms with E-state index in [2.05, 4.69) is 27.9 Å². The van der Waals surface area contributed by atoms with E-state index in [4.69, 9.17) is 9.47 Å². The van der Waals surface area contributed by atoms with E-state index in [1.165, 1.54) is 20.1 Å². The predicted octanol–water partition coefficient (Wildman–Crippen LogP) is 3.44. The van der Waals surface area contributed by atoms with Crippen molar-refractivity contribution in [3.05, 3.63) is 62.9 Å². The summed E-state index contributed by atoms with van der Waals surface area (Å²) in [7, 11) is 1.51. The third kappa shape index (κ3) is 5.48. The Kier molecular flexibility index (Phi) is 7.02. The SMILES string of the molecule is COc1cc(/C=C(/NC(C)=O)C(=O)O)cc(I)c1OCc1ccccc1. The lowest BCUT2D eigenvalue weighted by atomic mass is 10.1. The van der Waals surface area contributed by atoms with Gasteiger partial charge in [0.15, 0.2) is 11.5 Å². The molecule has 1 amide bonds. The summed E-state index contributed by atoms with van der Waals surface area (Å²) in [5.74, 6) is -0.626. The second-order valence-corrected chi connectivity index (χ2v) is 6.51. The summed E-state index contributed by atoms with van der Waals surface area (Å²) in [6, 6.07) is 13.1. The molecule has 0 spiro atoms. The minimum absolute atomic E-state index is 0.215. The molecule has 2 aromatic carbocycles. The summed E-state index contributed by atoms with van der Waals surface area (Å²) in [5.41, 5.74) is 1.38. The zero-order valence-electron chi connectivity index (χ0n) is 14.3. The summed E-state index contributed by atoms with van der Waals surface area (Å²) in [5, 5.41) is 11.5. The molecular formula is C19H18INO5. The molecule has 0 aliphatic rings. The molecule has 0 aliphatic heterocycles. The molecule has 7 heteroatoms. The molecule has 26 heavy (non-hydrogen) atoms. The molecule has 0 bridgehead atoms. The van der Waals surface area contributed by atoms with E-state index in [0.717, 1.165) is 9.13 Å². The fraction of sp³-hybridized carbons (Fsp3) is 0.158. The molecule has 0 aromatic heterocycles. The number of ether oxygens (including phenoxy) is 2. The summed E-state index contributed by atoms with van der Waals surface area (Å²) >= 11 is 2.10. The topological polar surface area (TPSA) is 84.9 Å². The van der Waals surface area contributed by atoms with Gasteiger partial charge in [0, 0.05) is 6.92 Å². The number of carbonyl (C=O) groups excluding carboxylic acids is 1. The zero-order valence-corrected chi connectivity index (χ0v) is 16.4. The second-order valence-electron chi connectivity index (χ2n) is 5.35. The van der Waals surface area contributed by atoms with E-state index in [1.54, 1.807) is 12.1 Å². The van der Waals surface area contributed by atoms with E-state index in [1.807, 2.05) is 30.3 Å². The quantitative estimate of drug-likeness (QED) is 0.482. The van der Waals surface area contributed by atoms with Crippen LogP contribution in [0.3, 0.4) is 0 Å². The highest BCUT2D eigenvalue weighted by molar-refractivity contribution is 14.1. The van der Waals surface area contributed by atoms with Gasteiger partial charge in [-0.1, -0.05) is 30.3 Å². The van der Waals surface area contributed by atoms with Crippen molar-refractivity contribution in [3.63, 3.8) is 0 Å². The summed E-state index contributed by atoms with van der Waals surface area (Å²) in [6.07, 6.45) is 1.37. The lowest BCUT2D eigenvalue weighted by Crippen LogP contribution is -2.24. The minimum atomic E-state index is -1.22. The van der Waals surface area contributed by atoms with E-state index < -0.39 is 11.9 Å². The fourth-order valence-electron chi connectivity index (χ4n) is 2.20. The standard InChI is InChI=1S/C19H18INO5/c1-12(22)21-16(19(23)24)9-14-8-15(20)18(17(10-14)25-2)26-11-13-6-4-3-5-7-13/h3-10H,11H2,1-2H3,(H,21,22)(H,23,24)/b16-9+. The van der Waals surface area contributed by atoms with Crippen molar-refractivity contribution in [1.82, 2.24) is 5.32 Å². The molecule has 0 unspecified atom stereocenters. The number of methoxy groups -OCH3 is 1. The molecular weight excluding hydrogens is 449 g/mol. The van der Waals surface area contributed by atoms with E-state index in [-0.39, 0.29) is 5.70 Å². The first-order valence-electron chi connectivity index (χ1n) is 7.67. The molecule has 2 aromatic rings. The summed E-state index contributed by atoms with van der Waals surface area (Å²) < 4.78 is 12.0. The lowest BCUT2D eigenvalue weighted by molar-refractivity contribution is -0.134. The number of carbonyl (C=O) groups is 2. The molecule has 2 rings (SSSR count). The normalized spacial score (nSPS) is 11.0. The summed E-state index contributed by atoms with van der Waals surface area (Å²) in [6.45, 7) is 1.64. The predicted molar refractivity (Wildman–Crippen MR) is 106 cm³/mol. The van der Waals surface area contributed by atoms with E-state index in [0.29, 0.717) is 23.7 Å². The first kappa shape index (κ1) is 19.8. The third-order valence-corrected chi connectivity index (χ3v) is 4.13.